The maximum Gasteiger partial charge on any atom is 0.230 e. The Kier molecular flexibility index (Phi) is 4.85. The predicted octanol–water partition coefficient (Wildman–Crippen LogP) is 2.15. The molecular weight excluding hydrogens is 310 g/mol. The first-order chi connectivity index (χ1) is 11.0. The molecule has 0 spiro atoms. The molecule has 0 radical (unpaired) electrons. The van der Waals surface area contributed by atoms with Crippen molar-refractivity contribution in [1.82, 2.24) is 20.2 Å². The number of hydrogen-bond donors (Lipinski definition) is 2. The van der Waals surface area contributed by atoms with Crippen molar-refractivity contribution < 1.29 is 4.79 Å². The lowest BCUT2D eigenvalue weighted by Crippen LogP contribution is -2.41. The summed E-state index contributed by atoms with van der Waals surface area (Å²) in [6.45, 7) is 6.19. The van der Waals surface area contributed by atoms with E-state index in [0.29, 0.717) is 16.8 Å². The van der Waals surface area contributed by atoms with Crippen LogP contribution in [0.5, 0.6) is 0 Å². The van der Waals surface area contributed by atoms with Gasteiger partial charge in [0.25, 0.3) is 0 Å². The Hall–Kier alpha value is -1.24. The van der Waals surface area contributed by atoms with Crippen LogP contribution in [-0.4, -0.2) is 32.6 Å². The summed E-state index contributed by atoms with van der Waals surface area (Å²) in [5.74, 6) is 9.70. The zero-order valence-electron chi connectivity index (χ0n) is 14.2. The van der Waals surface area contributed by atoms with E-state index >= 15 is 0 Å². The number of carbonyl (C=O) groups is 1. The average Bonchev–Trinajstić information content (AvgIpc) is 3.20. The van der Waals surface area contributed by atoms with Crippen molar-refractivity contribution in [2.24, 2.45) is 17.8 Å². The Bertz CT molecular complexity index is 573. The quantitative estimate of drug-likeness (QED) is 0.613. The highest BCUT2D eigenvalue weighted by Crippen LogP contribution is 2.49. The first kappa shape index (κ1) is 16.6. The van der Waals surface area contributed by atoms with Gasteiger partial charge in [-0.1, -0.05) is 32.0 Å². The molecule has 2 aliphatic rings. The summed E-state index contributed by atoms with van der Waals surface area (Å²) in [6, 6.07) is 0.264. The summed E-state index contributed by atoms with van der Waals surface area (Å²) >= 11 is 1.35. The zero-order valence-corrected chi connectivity index (χ0v) is 15.0. The topological polar surface area (TPSA) is 85.8 Å². The third-order valence-electron chi connectivity index (χ3n) is 5.36. The molecule has 2 aliphatic carbocycles. The minimum Gasteiger partial charge on any atom is -0.353 e. The summed E-state index contributed by atoms with van der Waals surface area (Å²) in [5, 5.41) is 11.9. The van der Waals surface area contributed by atoms with Crippen LogP contribution in [0, 0.1) is 17.8 Å². The smallest absolute Gasteiger partial charge is 0.230 e. The molecule has 1 aromatic heterocycles. The van der Waals surface area contributed by atoms with E-state index in [1.165, 1.54) is 42.1 Å². The van der Waals surface area contributed by atoms with E-state index in [2.05, 4.69) is 22.4 Å². The van der Waals surface area contributed by atoms with Crippen LogP contribution < -0.4 is 11.2 Å². The maximum atomic E-state index is 12.2. The summed E-state index contributed by atoms with van der Waals surface area (Å²) in [7, 11) is 0. The zero-order chi connectivity index (χ0) is 16.6. The fourth-order valence-corrected chi connectivity index (χ4v) is 4.89. The molecular formula is C16H27N5OS. The lowest BCUT2D eigenvalue weighted by molar-refractivity contribution is -0.119. The Morgan fingerprint density at radius 3 is 2.70 bits per heavy atom. The molecule has 1 heterocycles. The summed E-state index contributed by atoms with van der Waals surface area (Å²) < 4.78 is 1.49. The molecule has 1 amide bonds. The van der Waals surface area contributed by atoms with Gasteiger partial charge in [0.15, 0.2) is 5.82 Å². The Balaban J connectivity index is 1.48. The molecule has 2 fully saturated rings. The first-order valence-electron chi connectivity index (χ1n) is 8.58. The highest BCUT2D eigenvalue weighted by atomic mass is 32.2. The number of fused-ring (bicyclic) bond motifs is 2. The van der Waals surface area contributed by atoms with Crippen LogP contribution in [0.15, 0.2) is 5.16 Å². The number of hydrogen-bond acceptors (Lipinski definition) is 5. The monoisotopic (exact) mass is 337 g/mol. The third kappa shape index (κ3) is 3.49. The van der Waals surface area contributed by atoms with Crippen molar-refractivity contribution in [2.75, 3.05) is 11.6 Å². The predicted molar refractivity (Wildman–Crippen MR) is 91.5 cm³/mol. The van der Waals surface area contributed by atoms with E-state index in [1.807, 2.05) is 13.8 Å². The number of thioether (sulfide) groups is 1. The number of rotatable bonds is 6. The van der Waals surface area contributed by atoms with Gasteiger partial charge in [0.1, 0.15) is 0 Å². The molecule has 0 aliphatic heterocycles. The number of nitrogens with two attached hydrogens (primary N) is 1. The lowest BCUT2D eigenvalue weighted by atomic mass is 9.84. The van der Waals surface area contributed by atoms with Gasteiger partial charge < -0.3 is 11.2 Å². The van der Waals surface area contributed by atoms with Crippen LogP contribution in [0.4, 0.5) is 0 Å². The summed E-state index contributed by atoms with van der Waals surface area (Å²) in [5.41, 5.74) is 0. The minimum atomic E-state index is 0.0550. The standard InChI is InChI=1S/C16H27N5OS/c1-9(2)15-19-20-16(21(15)17)23-8-14(22)18-10(3)13-7-11-4-5-12(13)6-11/h9-13H,4-8,17H2,1-3H3,(H,18,22)/t10-,11+,12+,13+/m1/s1. The van der Waals surface area contributed by atoms with Crippen LogP contribution in [0.25, 0.3) is 0 Å². The molecule has 0 unspecified atom stereocenters. The van der Waals surface area contributed by atoms with Gasteiger partial charge in [0.2, 0.25) is 11.1 Å². The molecule has 7 heteroatoms. The third-order valence-corrected chi connectivity index (χ3v) is 6.31. The van der Waals surface area contributed by atoms with Crippen molar-refractivity contribution in [3.63, 3.8) is 0 Å². The second-order valence-electron chi connectivity index (χ2n) is 7.35. The van der Waals surface area contributed by atoms with Crippen LogP contribution in [0.3, 0.4) is 0 Å². The molecule has 2 saturated carbocycles. The molecule has 4 atom stereocenters. The van der Waals surface area contributed by atoms with Gasteiger partial charge in [-0.2, -0.15) is 0 Å². The van der Waals surface area contributed by atoms with E-state index in [0.717, 1.165) is 17.7 Å². The number of aromatic nitrogens is 3. The highest BCUT2D eigenvalue weighted by Gasteiger charge is 2.42. The SMILES string of the molecule is CC(C)c1nnc(SCC(=O)N[C@H](C)[C@@H]2C[C@H]3CC[C@H]2C3)n1N. The molecule has 0 aromatic carbocycles. The molecule has 3 rings (SSSR count). The Morgan fingerprint density at radius 2 is 2.13 bits per heavy atom. The van der Waals surface area contributed by atoms with Gasteiger partial charge in [-0.05, 0) is 43.9 Å². The van der Waals surface area contributed by atoms with E-state index in [9.17, 15) is 4.79 Å². The van der Waals surface area contributed by atoms with Crippen molar-refractivity contribution in [2.45, 2.75) is 63.6 Å². The van der Waals surface area contributed by atoms with Crippen LogP contribution in [0.1, 0.15) is 58.2 Å². The second kappa shape index (κ2) is 6.71. The van der Waals surface area contributed by atoms with Crippen LogP contribution >= 0.6 is 11.8 Å². The van der Waals surface area contributed by atoms with E-state index < -0.39 is 0 Å². The largest absolute Gasteiger partial charge is 0.353 e. The van der Waals surface area contributed by atoms with E-state index in [1.54, 1.807) is 0 Å². The molecule has 6 nitrogen and oxygen atoms in total. The van der Waals surface area contributed by atoms with E-state index in [-0.39, 0.29) is 17.9 Å². The van der Waals surface area contributed by atoms with Gasteiger partial charge in [0, 0.05) is 12.0 Å². The van der Waals surface area contributed by atoms with Crippen LogP contribution in [0.2, 0.25) is 0 Å². The molecule has 2 bridgehead atoms. The Morgan fingerprint density at radius 1 is 1.35 bits per heavy atom. The maximum absolute atomic E-state index is 12.2. The van der Waals surface area contributed by atoms with E-state index in [4.69, 9.17) is 5.84 Å². The molecule has 0 saturated heterocycles. The molecule has 3 N–H and O–H groups in total. The van der Waals surface area contributed by atoms with Crippen molar-refractivity contribution in [1.29, 1.82) is 0 Å². The number of nitrogens with zero attached hydrogens (tertiary/aromatic N) is 3. The van der Waals surface area contributed by atoms with Crippen molar-refractivity contribution in [3.8, 4) is 0 Å². The minimum absolute atomic E-state index is 0.0550. The average molecular weight is 337 g/mol. The summed E-state index contributed by atoms with van der Waals surface area (Å²) in [6.07, 6.45) is 5.39. The van der Waals surface area contributed by atoms with Gasteiger partial charge in [0.05, 0.1) is 5.75 Å². The summed E-state index contributed by atoms with van der Waals surface area (Å²) in [4.78, 5) is 12.2. The first-order valence-corrected chi connectivity index (χ1v) is 9.56. The lowest BCUT2D eigenvalue weighted by Gasteiger charge is -2.28. The van der Waals surface area contributed by atoms with Gasteiger partial charge in [-0.25, -0.2) is 4.68 Å². The van der Waals surface area contributed by atoms with Crippen LogP contribution in [-0.2, 0) is 4.79 Å². The highest BCUT2D eigenvalue weighted by molar-refractivity contribution is 7.99. The van der Waals surface area contributed by atoms with Gasteiger partial charge >= 0.3 is 0 Å². The second-order valence-corrected chi connectivity index (χ2v) is 8.29. The van der Waals surface area contributed by atoms with Crippen molar-refractivity contribution in [3.05, 3.63) is 5.82 Å². The number of nitrogen functional groups attached to an aromatic ring is 1. The normalized spacial score (nSPS) is 27.6. The van der Waals surface area contributed by atoms with Crippen molar-refractivity contribution >= 4 is 17.7 Å². The molecule has 1 aromatic rings. The number of amides is 1. The van der Waals surface area contributed by atoms with Gasteiger partial charge in [-0.15, -0.1) is 10.2 Å². The fourth-order valence-electron chi connectivity index (χ4n) is 4.22. The number of carbonyl (C=O) groups excluding carboxylic acids is 1. The number of nitrogens with one attached hydrogen (secondary N) is 1. The molecule has 23 heavy (non-hydrogen) atoms. The molecule has 128 valence electrons. The Labute approximate surface area is 142 Å². The van der Waals surface area contributed by atoms with Gasteiger partial charge in [-0.3, -0.25) is 4.79 Å². The fraction of sp³-hybridized carbons (Fsp3) is 0.812.